The maximum atomic E-state index is 12.1. The number of ketones is 1. The Hall–Kier alpha value is -3.73. The average molecular weight is 430 g/mol. The number of Topliss-reactive ketones (excluding diaryl/α,β-unsaturated/α-hetero) is 1. The second kappa shape index (κ2) is 12.2. The second-order valence-corrected chi connectivity index (χ2v) is 7.46. The highest BCUT2D eigenvalue weighted by Crippen LogP contribution is 2.27. The van der Waals surface area contributed by atoms with E-state index >= 15 is 0 Å². The van der Waals surface area contributed by atoms with Crippen LogP contribution in [-0.2, 0) is 14.3 Å². The van der Waals surface area contributed by atoms with Gasteiger partial charge in [0.05, 0.1) is 6.42 Å². The lowest BCUT2D eigenvalue weighted by Gasteiger charge is -2.18. The first kappa shape index (κ1) is 22.9. The summed E-state index contributed by atoms with van der Waals surface area (Å²) < 4.78 is 5.01. The summed E-state index contributed by atoms with van der Waals surface area (Å²) in [5.41, 5.74) is 2.93. The van der Waals surface area contributed by atoms with E-state index in [4.69, 9.17) is 4.74 Å². The summed E-state index contributed by atoms with van der Waals surface area (Å²) in [7, 11) is 0. The van der Waals surface area contributed by atoms with Gasteiger partial charge in [-0.3, -0.25) is 14.4 Å². The number of ether oxygens (including phenoxy) is 1. The number of benzene rings is 3. The summed E-state index contributed by atoms with van der Waals surface area (Å²) in [5.74, 6) is -0.882. The number of esters is 1. The van der Waals surface area contributed by atoms with Crippen molar-refractivity contribution < 1.29 is 19.1 Å². The van der Waals surface area contributed by atoms with Crippen LogP contribution in [-0.4, -0.2) is 30.8 Å². The predicted octanol–water partition coefficient (Wildman–Crippen LogP) is 4.53. The quantitative estimate of drug-likeness (QED) is 0.359. The van der Waals surface area contributed by atoms with E-state index in [1.54, 1.807) is 24.3 Å². The SMILES string of the molecule is O=C(COC(=O)CCC(=O)c1ccccc1)NCCC(c1ccccc1)c1ccccc1. The third kappa shape index (κ3) is 7.20. The van der Waals surface area contributed by atoms with Crippen molar-refractivity contribution in [3.05, 3.63) is 108 Å². The number of hydrogen-bond donors (Lipinski definition) is 1. The Morgan fingerprint density at radius 2 is 1.25 bits per heavy atom. The minimum Gasteiger partial charge on any atom is -0.456 e. The molecule has 0 atom stereocenters. The van der Waals surface area contributed by atoms with Gasteiger partial charge in [0, 0.05) is 24.4 Å². The van der Waals surface area contributed by atoms with E-state index < -0.39 is 5.97 Å². The summed E-state index contributed by atoms with van der Waals surface area (Å²) in [5, 5.41) is 2.82. The molecule has 0 bridgehead atoms. The Bertz CT molecular complexity index is 964. The second-order valence-electron chi connectivity index (χ2n) is 7.46. The van der Waals surface area contributed by atoms with Gasteiger partial charge in [0.25, 0.3) is 5.91 Å². The fourth-order valence-corrected chi connectivity index (χ4v) is 3.51. The van der Waals surface area contributed by atoms with Crippen LogP contribution in [0.15, 0.2) is 91.0 Å². The Balaban J connectivity index is 1.41. The first-order valence-electron chi connectivity index (χ1n) is 10.7. The van der Waals surface area contributed by atoms with Crippen LogP contribution in [0, 0.1) is 0 Å². The molecule has 0 heterocycles. The molecule has 1 N–H and O–H groups in total. The average Bonchev–Trinajstić information content (AvgIpc) is 2.85. The van der Waals surface area contributed by atoms with Crippen molar-refractivity contribution in [2.75, 3.05) is 13.2 Å². The Labute approximate surface area is 188 Å². The monoisotopic (exact) mass is 429 g/mol. The van der Waals surface area contributed by atoms with Crippen LogP contribution in [0.3, 0.4) is 0 Å². The van der Waals surface area contributed by atoms with E-state index in [1.165, 1.54) is 11.1 Å². The van der Waals surface area contributed by atoms with Gasteiger partial charge >= 0.3 is 5.97 Å². The van der Waals surface area contributed by atoms with Gasteiger partial charge in [-0.2, -0.15) is 0 Å². The zero-order valence-electron chi connectivity index (χ0n) is 17.9. The van der Waals surface area contributed by atoms with Crippen molar-refractivity contribution >= 4 is 17.7 Å². The summed E-state index contributed by atoms with van der Waals surface area (Å²) >= 11 is 0. The highest BCUT2D eigenvalue weighted by Gasteiger charge is 2.15. The minimum atomic E-state index is -0.559. The Morgan fingerprint density at radius 1 is 0.719 bits per heavy atom. The number of rotatable bonds is 11. The molecule has 0 unspecified atom stereocenters. The Morgan fingerprint density at radius 3 is 1.81 bits per heavy atom. The highest BCUT2D eigenvalue weighted by atomic mass is 16.5. The number of amides is 1. The lowest BCUT2D eigenvalue weighted by Crippen LogP contribution is -2.30. The maximum absolute atomic E-state index is 12.1. The number of carbonyl (C=O) groups is 3. The van der Waals surface area contributed by atoms with Crippen LogP contribution >= 0.6 is 0 Å². The molecule has 3 aromatic carbocycles. The first-order chi connectivity index (χ1) is 15.6. The smallest absolute Gasteiger partial charge is 0.306 e. The summed E-state index contributed by atoms with van der Waals surface area (Å²) in [4.78, 5) is 36.0. The first-order valence-corrected chi connectivity index (χ1v) is 10.7. The topological polar surface area (TPSA) is 72.5 Å². The van der Waals surface area contributed by atoms with Gasteiger partial charge in [0.1, 0.15) is 0 Å². The van der Waals surface area contributed by atoms with Crippen molar-refractivity contribution in [2.45, 2.75) is 25.2 Å². The number of hydrogen-bond acceptors (Lipinski definition) is 4. The number of carbonyl (C=O) groups excluding carboxylic acids is 3. The van der Waals surface area contributed by atoms with Crippen LogP contribution in [0.5, 0.6) is 0 Å². The third-order valence-electron chi connectivity index (χ3n) is 5.18. The minimum absolute atomic E-state index is 0.0505. The van der Waals surface area contributed by atoms with Crippen molar-refractivity contribution in [3.8, 4) is 0 Å². The van der Waals surface area contributed by atoms with Gasteiger partial charge in [-0.1, -0.05) is 91.0 Å². The van der Waals surface area contributed by atoms with Crippen molar-refractivity contribution in [2.24, 2.45) is 0 Å². The molecule has 0 radical (unpaired) electrons. The Kier molecular flexibility index (Phi) is 8.75. The summed E-state index contributed by atoms with van der Waals surface area (Å²) in [6, 6.07) is 29.1. The van der Waals surface area contributed by atoms with E-state index in [-0.39, 0.29) is 37.1 Å². The summed E-state index contributed by atoms with van der Waals surface area (Å²) in [6.45, 7) is 0.108. The van der Waals surface area contributed by atoms with E-state index in [0.717, 1.165) is 6.42 Å². The van der Waals surface area contributed by atoms with Gasteiger partial charge in [0.2, 0.25) is 0 Å². The maximum Gasteiger partial charge on any atom is 0.306 e. The molecular weight excluding hydrogens is 402 g/mol. The molecule has 0 fully saturated rings. The molecule has 0 aliphatic heterocycles. The molecule has 0 aliphatic rings. The van der Waals surface area contributed by atoms with Gasteiger partial charge in [-0.15, -0.1) is 0 Å². The summed E-state index contributed by atoms with van der Waals surface area (Å²) in [6.07, 6.45) is 0.727. The van der Waals surface area contributed by atoms with E-state index in [1.807, 2.05) is 42.5 Å². The van der Waals surface area contributed by atoms with Crippen molar-refractivity contribution in [1.82, 2.24) is 5.32 Å². The van der Waals surface area contributed by atoms with Gasteiger partial charge < -0.3 is 10.1 Å². The lowest BCUT2D eigenvalue weighted by molar-refractivity contribution is -0.148. The molecule has 32 heavy (non-hydrogen) atoms. The van der Waals surface area contributed by atoms with E-state index in [9.17, 15) is 14.4 Å². The molecule has 1 amide bonds. The zero-order chi connectivity index (χ0) is 22.6. The normalized spacial score (nSPS) is 10.5. The molecule has 5 nitrogen and oxygen atoms in total. The third-order valence-corrected chi connectivity index (χ3v) is 5.18. The molecule has 164 valence electrons. The molecule has 0 saturated heterocycles. The van der Waals surface area contributed by atoms with Crippen molar-refractivity contribution in [1.29, 1.82) is 0 Å². The van der Waals surface area contributed by atoms with Crippen LogP contribution in [0.1, 0.15) is 46.7 Å². The van der Waals surface area contributed by atoms with Gasteiger partial charge in [0.15, 0.2) is 12.4 Å². The van der Waals surface area contributed by atoms with Crippen LogP contribution in [0.25, 0.3) is 0 Å². The predicted molar refractivity (Wildman–Crippen MR) is 123 cm³/mol. The standard InChI is InChI=1S/C27H27NO4/c29-25(23-14-8-3-9-15-23)16-17-27(31)32-20-26(30)28-19-18-24(21-10-4-1-5-11-21)22-12-6-2-7-13-22/h1-15,24H,16-20H2,(H,28,30). The van der Waals surface area contributed by atoms with Crippen LogP contribution in [0.2, 0.25) is 0 Å². The van der Waals surface area contributed by atoms with Gasteiger partial charge in [-0.05, 0) is 17.5 Å². The lowest BCUT2D eigenvalue weighted by atomic mass is 9.88. The van der Waals surface area contributed by atoms with Gasteiger partial charge in [-0.25, -0.2) is 0 Å². The molecular formula is C27H27NO4. The molecule has 0 spiro atoms. The largest absolute Gasteiger partial charge is 0.456 e. The molecule has 3 aromatic rings. The molecule has 0 saturated carbocycles. The number of nitrogens with one attached hydrogen (secondary N) is 1. The molecule has 5 heteroatoms. The zero-order valence-corrected chi connectivity index (χ0v) is 17.9. The molecule has 0 aliphatic carbocycles. The fraction of sp³-hybridized carbons (Fsp3) is 0.222. The fourth-order valence-electron chi connectivity index (χ4n) is 3.51. The van der Waals surface area contributed by atoms with E-state index in [2.05, 4.69) is 29.6 Å². The van der Waals surface area contributed by atoms with Crippen molar-refractivity contribution in [3.63, 3.8) is 0 Å². The van der Waals surface area contributed by atoms with Crippen LogP contribution in [0.4, 0.5) is 0 Å². The highest BCUT2D eigenvalue weighted by molar-refractivity contribution is 5.97. The molecule has 3 rings (SSSR count). The van der Waals surface area contributed by atoms with E-state index in [0.29, 0.717) is 12.1 Å². The van der Waals surface area contributed by atoms with Crippen LogP contribution < -0.4 is 5.32 Å². The molecule has 0 aromatic heterocycles.